The number of aryl methyl sites for hydroxylation is 2. The van der Waals surface area contributed by atoms with Crippen LogP contribution in [0.1, 0.15) is 78.9 Å². The monoisotopic (exact) mass is 593 g/mol. The average molecular weight is 594 g/mol. The van der Waals surface area contributed by atoms with Gasteiger partial charge >= 0.3 is 0 Å². The van der Waals surface area contributed by atoms with Crippen LogP contribution in [0.4, 0.5) is 15.8 Å². The lowest BCUT2D eigenvalue weighted by Crippen LogP contribution is -2.54. The normalized spacial score (nSPS) is 23.6. The molecule has 3 fully saturated rings. The van der Waals surface area contributed by atoms with E-state index in [0.29, 0.717) is 23.7 Å². The highest BCUT2D eigenvalue weighted by molar-refractivity contribution is 5.99. The Morgan fingerprint density at radius 2 is 1.70 bits per heavy atom. The van der Waals surface area contributed by atoms with Gasteiger partial charge in [-0.05, 0) is 92.5 Å². The van der Waals surface area contributed by atoms with Crippen LogP contribution in [0.5, 0.6) is 0 Å². The van der Waals surface area contributed by atoms with Gasteiger partial charge in [-0.1, -0.05) is 43.5 Å². The molecule has 0 spiro atoms. The summed E-state index contributed by atoms with van der Waals surface area (Å²) >= 11 is 0. The zero-order valence-electron chi connectivity index (χ0n) is 25.4. The molecule has 1 aliphatic heterocycles. The second-order valence-electron chi connectivity index (χ2n) is 13.0. The summed E-state index contributed by atoms with van der Waals surface area (Å²) in [6.45, 7) is 1.78. The quantitative estimate of drug-likeness (QED) is 0.244. The second-order valence-corrected chi connectivity index (χ2v) is 13.0. The highest BCUT2D eigenvalue weighted by Gasteiger charge is 2.50. The predicted molar refractivity (Wildman–Crippen MR) is 171 cm³/mol. The number of hydrogen-bond acceptors (Lipinski definition) is 4. The van der Waals surface area contributed by atoms with Gasteiger partial charge < -0.3 is 20.1 Å². The number of likely N-dealkylation sites (tertiary alicyclic amines) is 1. The molecule has 7 nitrogen and oxygen atoms in total. The van der Waals surface area contributed by atoms with Crippen molar-refractivity contribution in [2.24, 2.45) is 18.9 Å². The summed E-state index contributed by atoms with van der Waals surface area (Å²) in [5.74, 6) is -1.29. The number of piperidine rings is 1. The Hall–Kier alpha value is -4.20. The second kappa shape index (κ2) is 11.7. The van der Waals surface area contributed by atoms with Crippen molar-refractivity contribution >= 4 is 34.2 Å². The number of halogens is 1. The lowest BCUT2D eigenvalue weighted by atomic mass is 9.76. The lowest BCUT2D eigenvalue weighted by Gasteiger charge is -2.48. The third-order valence-electron chi connectivity index (χ3n) is 10.2. The zero-order valence-corrected chi connectivity index (χ0v) is 25.4. The van der Waals surface area contributed by atoms with Crippen molar-refractivity contribution in [2.75, 3.05) is 10.6 Å². The highest BCUT2D eigenvalue weighted by Crippen LogP contribution is 2.49. The number of rotatable bonds is 6. The SMILES string of the molecule is Cc1cccc(F)c1C(=O)N1C2CCCC2CC(C(=O)Nc2ccc3ncn(C)c3c2)C1c1ccc(NC2CCCC2)cc1. The summed E-state index contributed by atoms with van der Waals surface area (Å²) < 4.78 is 17.2. The lowest BCUT2D eigenvalue weighted by molar-refractivity contribution is -0.125. The number of nitrogens with zero attached hydrogens (tertiary/aromatic N) is 3. The third-order valence-corrected chi connectivity index (χ3v) is 10.2. The number of imidazole rings is 1. The van der Waals surface area contributed by atoms with Gasteiger partial charge in [-0.3, -0.25) is 9.59 Å². The molecule has 0 bridgehead atoms. The first kappa shape index (κ1) is 28.6. The number of nitrogens with one attached hydrogen (secondary N) is 2. The van der Waals surface area contributed by atoms with Crippen LogP contribution in [0, 0.1) is 24.6 Å². The fourth-order valence-electron chi connectivity index (χ4n) is 7.99. The van der Waals surface area contributed by atoms with E-state index in [2.05, 4.69) is 27.8 Å². The highest BCUT2D eigenvalue weighted by atomic mass is 19.1. The maximum atomic E-state index is 15.3. The van der Waals surface area contributed by atoms with Crippen LogP contribution in [0.25, 0.3) is 11.0 Å². The molecule has 228 valence electrons. The molecule has 4 unspecified atom stereocenters. The van der Waals surface area contributed by atoms with Gasteiger partial charge in [0, 0.05) is 30.5 Å². The van der Waals surface area contributed by atoms with Gasteiger partial charge in [0.1, 0.15) is 5.82 Å². The van der Waals surface area contributed by atoms with Crippen molar-refractivity contribution < 1.29 is 14.0 Å². The summed E-state index contributed by atoms with van der Waals surface area (Å²) in [4.78, 5) is 35.0. The molecule has 2 amide bonds. The zero-order chi connectivity index (χ0) is 30.4. The van der Waals surface area contributed by atoms with Crippen LogP contribution in [0.15, 0.2) is 67.0 Å². The minimum Gasteiger partial charge on any atom is -0.382 e. The summed E-state index contributed by atoms with van der Waals surface area (Å²) in [7, 11) is 1.93. The van der Waals surface area contributed by atoms with Crippen LogP contribution in [0.3, 0.4) is 0 Å². The number of fused-ring (bicyclic) bond motifs is 2. The van der Waals surface area contributed by atoms with Crippen LogP contribution in [-0.2, 0) is 11.8 Å². The van der Waals surface area contributed by atoms with Crippen LogP contribution in [-0.4, -0.2) is 38.3 Å². The molecule has 2 saturated carbocycles. The van der Waals surface area contributed by atoms with E-state index < -0.39 is 17.8 Å². The van der Waals surface area contributed by atoms with Crippen LogP contribution >= 0.6 is 0 Å². The van der Waals surface area contributed by atoms with Crippen LogP contribution in [0.2, 0.25) is 0 Å². The topological polar surface area (TPSA) is 79.3 Å². The molecule has 1 saturated heterocycles. The van der Waals surface area contributed by atoms with Crippen molar-refractivity contribution in [1.29, 1.82) is 0 Å². The van der Waals surface area contributed by atoms with E-state index in [9.17, 15) is 9.59 Å². The van der Waals surface area contributed by atoms with E-state index in [1.54, 1.807) is 25.4 Å². The molecule has 2 heterocycles. The van der Waals surface area contributed by atoms with Gasteiger partial charge in [-0.25, -0.2) is 9.37 Å². The number of carbonyl (C=O) groups excluding carboxylic acids is 2. The molecule has 3 aromatic carbocycles. The first-order chi connectivity index (χ1) is 21.4. The van der Waals surface area contributed by atoms with E-state index in [0.717, 1.165) is 41.5 Å². The molecular formula is C36H40FN5O2. The Morgan fingerprint density at radius 1 is 0.932 bits per heavy atom. The number of anilines is 2. The molecular weight excluding hydrogens is 553 g/mol. The molecule has 3 aliphatic rings. The van der Waals surface area contributed by atoms with E-state index in [-0.39, 0.29) is 29.3 Å². The Kier molecular flexibility index (Phi) is 7.60. The molecule has 44 heavy (non-hydrogen) atoms. The van der Waals surface area contributed by atoms with Gasteiger partial charge in [0.05, 0.1) is 34.9 Å². The number of aromatic nitrogens is 2. The minimum atomic E-state index is -0.526. The van der Waals surface area contributed by atoms with Gasteiger partial charge in [0.25, 0.3) is 5.91 Å². The minimum absolute atomic E-state index is 0.0439. The Balaban J connectivity index is 1.27. The summed E-state index contributed by atoms with van der Waals surface area (Å²) in [5, 5.41) is 6.83. The summed E-state index contributed by atoms with van der Waals surface area (Å²) in [5.41, 5.74) is 5.13. The van der Waals surface area contributed by atoms with Crippen molar-refractivity contribution in [3.05, 3.63) is 89.5 Å². The average Bonchev–Trinajstić information content (AvgIpc) is 3.79. The molecule has 2 aliphatic carbocycles. The molecule has 8 heteroatoms. The Morgan fingerprint density at radius 3 is 2.48 bits per heavy atom. The van der Waals surface area contributed by atoms with Gasteiger partial charge in [0.2, 0.25) is 5.91 Å². The first-order valence-electron chi connectivity index (χ1n) is 16.0. The maximum Gasteiger partial charge on any atom is 0.257 e. The van der Waals surface area contributed by atoms with E-state index in [1.165, 1.54) is 31.7 Å². The number of carbonyl (C=O) groups is 2. The maximum absolute atomic E-state index is 15.3. The van der Waals surface area contributed by atoms with E-state index >= 15 is 4.39 Å². The van der Waals surface area contributed by atoms with Crippen molar-refractivity contribution in [3.8, 4) is 0 Å². The number of amides is 2. The standard InChI is InChI=1S/C36H40FN5O2/c1-22-7-5-11-29(37)33(22)36(44)42-31-12-6-8-24(31)19-28(35(43)40-27-17-18-30-32(20-27)41(2)21-38-30)34(42)23-13-15-26(16-14-23)39-25-9-3-4-10-25/h5,7,11,13-18,20-21,24-25,28,31,34,39H,3-4,6,8-10,12,19H2,1-2H3,(H,40,43). The fraction of sp³-hybridized carbons (Fsp3) is 0.417. The summed E-state index contributed by atoms with van der Waals surface area (Å²) in [6, 6.07) is 18.6. The third kappa shape index (κ3) is 5.24. The van der Waals surface area contributed by atoms with Crippen LogP contribution < -0.4 is 10.6 Å². The van der Waals surface area contributed by atoms with Crippen molar-refractivity contribution in [2.45, 2.75) is 76.4 Å². The first-order valence-corrected chi connectivity index (χ1v) is 16.0. The fourth-order valence-corrected chi connectivity index (χ4v) is 7.99. The molecule has 1 aromatic heterocycles. The Labute approximate surface area is 257 Å². The molecule has 4 aromatic rings. The van der Waals surface area contributed by atoms with Gasteiger partial charge in [-0.2, -0.15) is 0 Å². The van der Waals surface area contributed by atoms with E-state index in [4.69, 9.17) is 0 Å². The molecule has 0 radical (unpaired) electrons. The Bertz CT molecular complexity index is 1670. The van der Waals surface area contributed by atoms with Gasteiger partial charge in [-0.15, -0.1) is 0 Å². The predicted octanol–water partition coefficient (Wildman–Crippen LogP) is 7.39. The largest absolute Gasteiger partial charge is 0.382 e. The number of benzene rings is 3. The van der Waals surface area contributed by atoms with Crippen molar-refractivity contribution in [1.82, 2.24) is 14.5 Å². The van der Waals surface area contributed by atoms with Crippen molar-refractivity contribution in [3.63, 3.8) is 0 Å². The van der Waals surface area contributed by atoms with E-state index in [1.807, 2.05) is 46.8 Å². The summed E-state index contributed by atoms with van der Waals surface area (Å²) in [6.07, 6.45) is 10.1. The van der Waals surface area contributed by atoms with Gasteiger partial charge in [0.15, 0.2) is 0 Å². The molecule has 7 rings (SSSR count). The molecule has 4 atom stereocenters. The number of hydrogen-bond donors (Lipinski definition) is 2. The molecule has 2 N–H and O–H groups in total. The smallest absolute Gasteiger partial charge is 0.257 e.